The average Bonchev–Trinajstić information content (AvgIpc) is 3.37. The van der Waals surface area contributed by atoms with Gasteiger partial charge in [0.1, 0.15) is 0 Å². The molecule has 0 spiro atoms. The lowest BCUT2D eigenvalue weighted by Gasteiger charge is -2.16. The van der Waals surface area contributed by atoms with Crippen LogP contribution >= 0.6 is 22.9 Å². The molecule has 0 saturated carbocycles. The van der Waals surface area contributed by atoms with Crippen LogP contribution in [0, 0.1) is 6.92 Å². The Hall–Kier alpha value is -2.96. The molecule has 0 aliphatic heterocycles. The van der Waals surface area contributed by atoms with Crippen molar-refractivity contribution in [1.29, 1.82) is 0 Å². The van der Waals surface area contributed by atoms with Crippen LogP contribution in [0.25, 0.3) is 22.9 Å². The minimum atomic E-state index is -0.0629. The molecule has 0 aliphatic rings. The van der Waals surface area contributed by atoms with E-state index in [0.29, 0.717) is 23.9 Å². The normalized spacial score (nSPS) is 10.9. The molecule has 1 amide bonds. The van der Waals surface area contributed by atoms with E-state index in [-0.39, 0.29) is 5.91 Å². The van der Waals surface area contributed by atoms with Gasteiger partial charge in [-0.15, -0.1) is 21.5 Å². The van der Waals surface area contributed by atoms with Crippen molar-refractivity contribution < 1.29 is 9.21 Å². The first kappa shape index (κ1) is 19.4. The van der Waals surface area contributed by atoms with Crippen LogP contribution in [0.15, 0.2) is 65.1 Å². The summed E-state index contributed by atoms with van der Waals surface area (Å²) in [5.74, 6) is 0.826. The smallest absolute Gasteiger partial charge is 0.253 e. The average molecular weight is 424 g/mol. The number of carbonyl (C=O) groups is 1. The van der Waals surface area contributed by atoms with Gasteiger partial charge in [0, 0.05) is 28.6 Å². The number of benzene rings is 2. The van der Waals surface area contributed by atoms with Crippen LogP contribution < -0.4 is 0 Å². The third kappa shape index (κ3) is 4.39. The Labute approximate surface area is 177 Å². The van der Waals surface area contributed by atoms with E-state index >= 15 is 0 Å². The fourth-order valence-electron chi connectivity index (χ4n) is 2.95. The summed E-state index contributed by atoms with van der Waals surface area (Å²) in [5.41, 5.74) is 3.36. The number of hydrogen-bond donors (Lipinski definition) is 0. The molecule has 7 heteroatoms. The maximum Gasteiger partial charge on any atom is 0.253 e. The van der Waals surface area contributed by atoms with Crippen molar-refractivity contribution in [3.8, 4) is 22.9 Å². The second-order valence-corrected chi connectivity index (χ2v) is 8.53. The van der Waals surface area contributed by atoms with Gasteiger partial charge in [-0.1, -0.05) is 29.3 Å². The summed E-state index contributed by atoms with van der Waals surface area (Å²) in [7, 11) is 1.77. The zero-order chi connectivity index (χ0) is 20.4. The zero-order valence-corrected chi connectivity index (χ0v) is 17.5. The van der Waals surface area contributed by atoms with Crippen molar-refractivity contribution in [2.45, 2.75) is 13.5 Å². The molecule has 5 nitrogen and oxygen atoms in total. The lowest BCUT2D eigenvalue weighted by molar-refractivity contribution is 0.0786. The summed E-state index contributed by atoms with van der Waals surface area (Å²) in [6.45, 7) is 2.53. The maximum absolute atomic E-state index is 12.7. The first-order valence-corrected chi connectivity index (χ1v) is 10.2. The fraction of sp³-hybridized carbons (Fsp3) is 0.136. The number of rotatable bonds is 5. The van der Waals surface area contributed by atoms with E-state index in [9.17, 15) is 4.79 Å². The molecule has 0 radical (unpaired) electrons. The van der Waals surface area contributed by atoms with E-state index in [1.165, 1.54) is 11.3 Å². The largest absolute Gasteiger partial charge is 0.416 e. The standard InChI is InChI=1S/C22H18ClN3O2S/c1-14-4-3-5-17(12-14)21-25-24-20(28-21)15-6-8-16(9-7-15)22(27)26(2)13-18-10-11-19(23)29-18/h3-12H,13H2,1-2H3. The van der Waals surface area contributed by atoms with Crippen LogP contribution in [0.1, 0.15) is 20.8 Å². The van der Waals surface area contributed by atoms with Crippen LogP contribution in [0.5, 0.6) is 0 Å². The molecule has 2 aromatic carbocycles. The van der Waals surface area contributed by atoms with Gasteiger partial charge in [0.15, 0.2) is 0 Å². The summed E-state index contributed by atoms with van der Waals surface area (Å²) in [5, 5.41) is 8.27. The molecule has 29 heavy (non-hydrogen) atoms. The Morgan fingerprint density at radius 2 is 1.76 bits per heavy atom. The molecule has 0 unspecified atom stereocenters. The predicted molar refractivity (Wildman–Crippen MR) is 115 cm³/mol. The van der Waals surface area contributed by atoms with E-state index in [4.69, 9.17) is 16.0 Å². The predicted octanol–water partition coefficient (Wildman–Crippen LogP) is 5.70. The second-order valence-electron chi connectivity index (χ2n) is 6.73. The second kappa shape index (κ2) is 8.19. The first-order valence-electron chi connectivity index (χ1n) is 9.00. The van der Waals surface area contributed by atoms with E-state index in [1.54, 1.807) is 24.1 Å². The van der Waals surface area contributed by atoms with E-state index in [1.807, 2.05) is 55.5 Å². The third-order valence-electron chi connectivity index (χ3n) is 4.44. The lowest BCUT2D eigenvalue weighted by atomic mass is 10.1. The Morgan fingerprint density at radius 3 is 2.41 bits per heavy atom. The van der Waals surface area contributed by atoms with Crippen LogP contribution in [-0.4, -0.2) is 28.1 Å². The summed E-state index contributed by atoms with van der Waals surface area (Å²) in [4.78, 5) is 15.4. The van der Waals surface area contributed by atoms with Gasteiger partial charge in [-0.2, -0.15) is 0 Å². The van der Waals surface area contributed by atoms with E-state index < -0.39 is 0 Å². The van der Waals surface area contributed by atoms with Gasteiger partial charge in [-0.05, 0) is 55.5 Å². The minimum Gasteiger partial charge on any atom is -0.416 e. The van der Waals surface area contributed by atoms with Gasteiger partial charge in [0.05, 0.1) is 10.9 Å². The summed E-state index contributed by atoms with van der Waals surface area (Å²) < 4.78 is 6.53. The van der Waals surface area contributed by atoms with Gasteiger partial charge in [-0.25, -0.2) is 0 Å². The molecular formula is C22H18ClN3O2S. The van der Waals surface area contributed by atoms with Gasteiger partial charge < -0.3 is 9.32 Å². The Balaban J connectivity index is 1.48. The number of nitrogens with zero attached hydrogens (tertiary/aromatic N) is 3. The van der Waals surface area contributed by atoms with Crippen LogP contribution in [0.3, 0.4) is 0 Å². The quantitative estimate of drug-likeness (QED) is 0.413. The van der Waals surface area contributed by atoms with Crippen LogP contribution in [0.2, 0.25) is 4.34 Å². The highest BCUT2D eigenvalue weighted by Crippen LogP contribution is 2.26. The van der Waals surface area contributed by atoms with E-state index in [2.05, 4.69) is 10.2 Å². The van der Waals surface area contributed by atoms with Crippen LogP contribution in [-0.2, 0) is 6.54 Å². The van der Waals surface area contributed by atoms with Crippen LogP contribution in [0.4, 0.5) is 0 Å². The van der Waals surface area contributed by atoms with Gasteiger partial charge in [-0.3, -0.25) is 4.79 Å². The number of amides is 1. The molecule has 2 aromatic heterocycles. The van der Waals surface area contributed by atoms with Crippen molar-refractivity contribution >= 4 is 28.8 Å². The summed E-state index contributed by atoms with van der Waals surface area (Å²) in [6, 6.07) is 18.8. The van der Waals surface area contributed by atoms with Gasteiger partial charge >= 0.3 is 0 Å². The first-order chi connectivity index (χ1) is 14.0. The van der Waals surface area contributed by atoms with E-state index in [0.717, 1.165) is 25.9 Å². The number of thiophene rings is 1. The SMILES string of the molecule is Cc1cccc(-c2nnc(-c3ccc(C(=O)N(C)Cc4ccc(Cl)s4)cc3)o2)c1. The topological polar surface area (TPSA) is 59.2 Å². The number of halogens is 1. The molecule has 146 valence electrons. The molecule has 0 atom stereocenters. The molecule has 0 N–H and O–H groups in total. The molecule has 0 aliphatic carbocycles. The third-order valence-corrected chi connectivity index (χ3v) is 5.65. The Kier molecular flexibility index (Phi) is 5.47. The lowest BCUT2D eigenvalue weighted by Crippen LogP contribution is -2.25. The molecule has 4 rings (SSSR count). The Bertz CT molecular complexity index is 1150. The Morgan fingerprint density at radius 1 is 1.03 bits per heavy atom. The molecular weight excluding hydrogens is 406 g/mol. The highest BCUT2D eigenvalue weighted by Gasteiger charge is 2.15. The minimum absolute atomic E-state index is 0.0629. The monoisotopic (exact) mass is 423 g/mol. The molecule has 4 aromatic rings. The summed E-state index contributed by atoms with van der Waals surface area (Å²) >= 11 is 7.43. The molecule has 0 bridgehead atoms. The molecule has 2 heterocycles. The van der Waals surface area contributed by atoms with Crippen molar-refractivity contribution in [1.82, 2.24) is 15.1 Å². The molecule has 0 saturated heterocycles. The highest BCUT2D eigenvalue weighted by atomic mass is 35.5. The number of aryl methyl sites for hydroxylation is 1. The number of aromatic nitrogens is 2. The fourth-order valence-corrected chi connectivity index (χ4v) is 4.09. The zero-order valence-electron chi connectivity index (χ0n) is 15.9. The number of carbonyl (C=O) groups excluding carboxylic acids is 1. The maximum atomic E-state index is 12.7. The van der Waals surface area contributed by atoms with Gasteiger partial charge in [0.25, 0.3) is 5.91 Å². The molecule has 0 fully saturated rings. The van der Waals surface area contributed by atoms with Crippen molar-refractivity contribution in [3.63, 3.8) is 0 Å². The highest BCUT2D eigenvalue weighted by molar-refractivity contribution is 7.16. The number of hydrogen-bond acceptors (Lipinski definition) is 5. The van der Waals surface area contributed by atoms with Crippen molar-refractivity contribution in [2.75, 3.05) is 7.05 Å². The summed E-state index contributed by atoms with van der Waals surface area (Å²) in [6.07, 6.45) is 0. The van der Waals surface area contributed by atoms with Gasteiger partial charge in [0.2, 0.25) is 11.8 Å². The van der Waals surface area contributed by atoms with Crippen molar-refractivity contribution in [2.24, 2.45) is 0 Å². The van der Waals surface area contributed by atoms with Crippen molar-refractivity contribution in [3.05, 3.63) is 81.0 Å².